The van der Waals surface area contributed by atoms with Gasteiger partial charge >= 0.3 is 5.97 Å². The van der Waals surface area contributed by atoms with Crippen molar-refractivity contribution in [3.8, 4) is 0 Å². The van der Waals surface area contributed by atoms with Gasteiger partial charge in [-0.25, -0.2) is 9.18 Å². The zero-order valence-corrected chi connectivity index (χ0v) is 9.30. The molecule has 1 aromatic carbocycles. The molecule has 0 amide bonds. The number of hydrogen-bond donors (Lipinski definition) is 0. The van der Waals surface area contributed by atoms with Crippen molar-refractivity contribution < 1.29 is 18.3 Å². The van der Waals surface area contributed by atoms with Crippen molar-refractivity contribution in [1.82, 2.24) is 0 Å². The molecule has 0 unspecified atom stereocenters. The first kappa shape index (κ1) is 10.2. The number of rotatable bonds is 1. The van der Waals surface area contributed by atoms with Crippen LogP contribution >= 0.6 is 15.9 Å². The molecule has 1 aromatic heterocycles. The van der Waals surface area contributed by atoms with Crippen LogP contribution in [-0.4, -0.2) is 13.1 Å². The fourth-order valence-corrected chi connectivity index (χ4v) is 1.72. The molecule has 0 radical (unpaired) electrons. The normalized spacial score (nSPS) is 10.6. The molecule has 0 spiro atoms. The van der Waals surface area contributed by atoms with Gasteiger partial charge in [0.05, 0.1) is 7.11 Å². The predicted molar refractivity (Wildman–Crippen MR) is 55.2 cm³/mol. The van der Waals surface area contributed by atoms with Gasteiger partial charge in [0.2, 0.25) is 5.76 Å². The summed E-state index contributed by atoms with van der Waals surface area (Å²) in [4.78, 5) is 11.1. The molecule has 0 bridgehead atoms. The van der Waals surface area contributed by atoms with Crippen LogP contribution in [-0.2, 0) is 4.74 Å². The highest BCUT2D eigenvalue weighted by Crippen LogP contribution is 2.26. The number of benzene rings is 1. The standard InChI is InChI=1S/C10H6BrFO3/c1-14-10(13)8-3-5-2-6(11)4-7(12)9(5)15-8/h2-4H,1H3. The Bertz CT molecular complexity index is 533. The van der Waals surface area contributed by atoms with E-state index in [4.69, 9.17) is 4.42 Å². The van der Waals surface area contributed by atoms with Crippen LogP contribution in [0.5, 0.6) is 0 Å². The first-order valence-corrected chi connectivity index (χ1v) is 4.88. The number of esters is 1. The van der Waals surface area contributed by atoms with Crippen molar-refractivity contribution in [2.45, 2.75) is 0 Å². The van der Waals surface area contributed by atoms with Crippen LogP contribution in [0, 0.1) is 5.82 Å². The lowest BCUT2D eigenvalue weighted by atomic mass is 10.2. The fraction of sp³-hybridized carbons (Fsp3) is 0.100. The van der Waals surface area contributed by atoms with Gasteiger partial charge in [0.15, 0.2) is 11.4 Å². The summed E-state index contributed by atoms with van der Waals surface area (Å²) < 4.78 is 23.4. The number of ether oxygens (including phenoxy) is 1. The lowest BCUT2D eigenvalue weighted by Crippen LogP contribution is -1.97. The topological polar surface area (TPSA) is 39.4 Å². The molecule has 2 aromatic rings. The predicted octanol–water partition coefficient (Wildman–Crippen LogP) is 3.12. The molecule has 0 N–H and O–H groups in total. The van der Waals surface area contributed by atoms with E-state index in [0.29, 0.717) is 9.86 Å². The van der Waals surface area contributed by atoms with E-state index < -0.39 is 11.8 Å². The first-order valence-electron chi connectivity index (χ1n) is 4.08. The SMILES string of the molecule is COC(=O)c1cc2cc(Br)cc(F)c2o1. The monoisotopic (exact) mass is 272 g/mol. The molecular formula is C10H6BrFO3. The summed E-state index contributed by atoms with van der Waals surface area (Å²) in [6.45, 7) is 0. The number of fused-ring (bicyclic) bond motifs is 1. The Kier molecular flexibility index (Phi) is 2.48. The molecule has 0 aliphatic rings. The van der Waals surface area contributed by atoms with Crippen molar-refractivity contribution in [3.63, 3.8) is 0 Å². The van der Waals surface area contributed by atoms with Crippen LogP contribution < -0.4 is 0 Å². The van der Waals surface area contributed by atoms with Crippen molar-refractivity contribution in [2.24, 2.45) is 0 Å². The molecule has 15 heavy (non-hydrogen) atoms. The molecule has 2 rings (SSSR count). The Labute approximate surface area is 92.9 Å². The van der Waals surface area contributed by atoms with Crippen LogP contribution in [0.2, 0.25) is 0 Å². The van der Waals surface area contributed by atoms with Crippen LogP contribution in [0.15, 0.2) is 27.1 Å². The summed E-state index contributed by atoms with van der Waals surface area (Å²) in [6, 6.07) is 4.37. The summed E-state index contributed by atoms with van der Waals surface area (Å²) in [5.41, 5.74) is 0.0543. The second kappa shape index (κ2) is 3.66. The second-order valence-electron chi connectivity index (χ2n) is 2.91. The Morgan fingerprint density at radius 1 is 1.47 bits per heavy atom. The minimum atomic E-state index is -0.623. The zero-order valence-electron chi connectivity index (χ0n) is 7.71. The van der Waals surface area contributed by atoms with Crippen LogP contribution in [0.1, 0.15) is 10.6 Å². The van der Waals surface area contributed by atoms with Gasteiger partial charge in [-0.15, -0.1) is 0 Å². The first-order chi connectivity index (χ1) is 7.11. The van der Waals surface area contributed by atoms with Gasteiger partial charge < -0.3 is 9.15 Å². The molecule has 78 valence electrons. The minimum absolute atomic E-state index is 0.00972. The van der Waals surface area contributed by atoms with E-state index in [2.05, 4.69) is 20.7 Å². The third kappa shape index (κ3) is 1.74. The molecule has 0 aliphatic carbocycles. The van der Waals surface area contributed by atoms with E-state index in [9.17, 15) is 9.18 Å². The number of hydrogen-bond acceptors (Lipinski definition) is 3. The van der Waals surface area contributed by atoms with Crippen LogP contribution in [0.3, 0.4) is 0 Å². The Balaban J connectivity index is 2.65. The smallest absolute Gasteiger partial charge is 0.373 e. The third-order valence-corrected chi connectivity index (χ3v) is 2.38. The lowest BCUT2D eigenvalue weighted by Gasteiger charge is -1.92. The molecule has 0 aliphatic heterocycles. The number of methoxy groups -OCH3 is 1. The van der Waals surface area contributed by atoms with Crippen molar-refractivity contribution in [2.75, 3.05) is 7.11 Å². The van der Waals surface area contributed by atoms with E-state index in [0.717, 1.165) is 0 Å². The molecule has 5 heteroatoms. The summed E-state index contributed by atoms with van der Waals surface area (Å²) in [7, 11) is 1.24. The maximum Gasteiger partial charge on any atom is 0.373 e. The third-order valence-electron chi connectivity index (χ3n) is 1.92. The number of carbonyl (C=O) groups excluding carboxylic acids is 1. The number of furan rings is 1. The second-order valence-corrected chi connectivity index (χ2v) is 3.82. The molecule has 0 saturated heterocycles. The van der Waals surface area contributed by atoms with E-state index in [1.807, 2.05) is 0 Å². The van der Waals surface area contributed by atoms with Crippen LogP contribution in [0.4, 0.5) is 4.39 Å². The summed E-state index contributed by atoms with van der Waals surface area (Å²) in [5, 5.41) is 0.516. The average molecular weight is 273 g/mol. The van der Waals surface area contributed by atoms with E-state index in [1.165, 1.54) is 19.2 Å². The highest BCUT2D eigenvalue weighted by Gasteiger charge is 2.15. The molecule has 0 fully saturated rings. The van der Waals surface area contributed by atoms with Crippen LogP contribution in [0.25, 0.3) is 11.0 Å². The van der Waals surface area contributed by atoms with Gasteiger partial charge in [-0.2, -0.15) is 0 Å². The van der Waals surface area contributed by atoms with Crippen molar-refractivity contribution >= 4 is 32.9 Å². The maximum absolute atomic E-state index is 13.4. The van der Waals surface area contributed by atoms with Crippen molar-refractivity contribution in [1.29, 1.82) is 0 Å². The summed E-state index contributed by atoms with van der Waals surface area (Å²) in [6.07, 6.45) is 0. The van der Waals surface area contributed by atoms with Gasteiger partial charge in [0.1, 0.15) is 0 Å². The Morgan fingerprint density at radius 3 is 2.87 bits per heavy atom. The quantitative estimate of drug-likeness (QED) is 0.749. The summed E-state index contributed by atoms with van der Waals surface area (Å²) in [5.74, 6) is -1.15. The summed E-state index contributed by atoms with van der Waals surface area (Å²) >= 11 is 3.15. The van der Waals surface area contributed by atoms with E-state index in [-0.39, 0.29) is 11.3 Å². The number of carbonyl (C=O) groups is 1. The largest absolute Gasteiger partial charge is 0.463 e. The average Bonchev–Trinajstić information content (AvgIpc) is 2.60. The van der Waals surface area contributed by atoms with Gasteiger partial charge in [-0.3, -0.25) is 0 Å². The Morgan fingerprint density at radius 2 is 2.20 bits per heavy atom. The molecule has 0 saturated carbocycles. The molecular weight excluding hydrogens is 267 g/mol. The lowest BCUT2D eigenvalue weighted by molar-refractivity contribution is 0.0567. The van der Waals surface area contributed by atoms with Crippen molar-refractivity contribution in [3.05, 3.63) is 34.2 Å². The number of halogens is 2. The molecule has 0 atom stereocenters. The van der Waals surface area contributed by atoms with E-state index in [1.54, 1.807) is 6.07 Å². The van der Waals surface area contributed by atoms with Gasteiger partial charge in [-0.05, 0) is 18.2 Å². The Hall–Kier alpha value is -1.36. The van der Waals surface area contributed by atoms with Gasteiger partial charge in [0.25, 0.3) is 0 Å². The van der Waals surface area contributed by atoms with Gasteiger partial charge in [0, 0.05) is 9.86 Å². The highest BCUT2D eigenvalue weighted by atomic mass is 79.9. The molecule has 1 heterocycles. The fourth-order valence-electron chi connectivity index (χ4n) is 1.28. The van der Waals surface area contributed by atoms with E-state index >= 15 is 0 Å². The zero-order chi connectivity index (χ0) is 11.0. The highest BCUT2D eigenvalue weighted by molar-refractivity contribution is 9.10. The minimum Gasteiger partial charge on any atom is -0.463 e. The molecule has 3 nitrogen and oxygen atoms in total. The maximum atomic E-state index is 13.4. The van der Waals surface area contributed by atoms with Gasteiger partial charge in [-0.1, -0.05) is 15.9 Å².